The van der Waals surface area contributed by atoms with Gasteiger partial charge < -0.3 is 10.0 Å². The summed E-state index contributed by atoms with van der Waals surface area (Å²) in [6.07, 6.45) is 4.68. The number of hydrogen-bond donors (Lipinski definition) is 1. The zero-order chi connectivity index (χ0) is 17.4. The van der Waals surface area contributed by atoms with Crippen molar-refractivity contribution in [3.8, 4) is 11.3 Å². The molecule has 5 heteroatoms. The Kier molecular flexibility index (Phi) is 4.12. The molecule has 1 saturated carbocycles. The first kappa shape index (κ1) is 16.3. The van der Waals surface area contributed by atoms with Crippen LogP contribution >= 0.6 is 0 Å². The maximum absolute atomic E-state index is 13.1. The van der Waals surface area contributed by atoms with E-state index in [1.807, 2.05) is 48.3 Å². The van der Waals surface area contributed by atoms with Gasteiger partial charge in [0.2, 0.25) is 0 Å². The summed E-state index contributed by atoms with van der Waals surface area (Å²) in [4.78, 5) is 15.0. The standard InChI is InChI=1S/C20H25N3O2/c1-22-17(13-16(21-22)15-7-3-2-4-8-15)19(25)23-12-6-11-20(14-23)10-5-9-18(20)24/h2-4,7-8,13,18,24H,5-6,9-12,14H2,1H3/t18-,20-/m1/s1. The fourth-order valence-electron chi connectivity index (χ4n) is 4.51. The van der Waals surface area contributed by atoms with Crippen LogP contribution in [-0.4, -0.2) is 44.9 Å². The first-order valence-electron chi connectivity index (χ1n) is 9.16. The van der Waals surface area contributed by atoms with E-state index in [1.165, 1.54) is 0 Å². The van der Waals surface area contributed by atoms with Gasteiger partial charge in [0.1, 0.15) is 5.69 Å². The molecule has 2 fully saturated rings. The SMILES string of the molecule is Cn1nc(-c2ccccc2)cc1C(=O)N1CCC[C@]2(CCC[C@H]2O)C1. The summed E-state index contributed by atoms with van der Waals surface area (Å²) in [5, 5.41) is 14.9. The van der Waals surface area contributed by atoms with Gasteiger partial charge in [-0.3, -0.25) is 9.48 Å². The van der Waals surface area contributed by atoms with Crippen LogP contribution in [0.4, 0.5) is 0 Å². The number of nitrogens with zero attached hydrogens (tertiary/aromatic N) is 3. The Balaban J connectivity index is 1.58. The van der Waals surface area contributed by atoms with Crippen LogP contribution in [0.1, 0.15) is 42.6 Å². The summed E-state index contributed by atoms with van der Waals surface area (Å²) in [6.45, 7) is 1.43. The van der Waals surface area contributed by atoms with E-state index in [0.717, 1.165) is 49.9 Å². The first-order chi connectivity index (χ1) is 12.1. The molecule has 1 N–H and O–H groups in total. The second-order valence-electron chi connectivity index (χ2n) is 7.51. The number of aliphatic hydroxyl groups excluding tert-OH is 1. The fraction of sp³-hybridized carbons (Fsp3) is 0.500. The predicted octanol–water partition coefficient (Wildman–Crippen LogP) is 2.85. The third-order valence-electron chi connectivity index (χ3n) is 5.92. The number of likely N-dealkylation sites (tertiary alicyclic amines) is 1. The molecule has 2 aliphatic rings. The van der Waals surface area contributed by atoms with Gasteiger partial charge >= 0.3 is 0 Å². The average molecular weight is 339 g/mol. The summed E-state index contributed by atoms with van der Waals surface area (Å²) in [7, 11) is 1.82. The normalized spacial score (nSPS) is 26.3. The summed E-state index contributed by atoms with van der Waals surface area (Å²) in [6, 6.07) is 11.8. The van der Waals surface area contributed by atoms with Crippen molar-refractivity contribution < 1.29 is 9.90 Å². The molecule has 1 spiro atoms. The number of carbonyl (C=O) groups excluding carboxylic acids is 1. The molecular weight excluding hydrogens is 314 g/mol. The second-order valence-corrected chi connectivity index (χ2v) is 7.51. The van der Waals surface area contributed by atoms with E-state index in [2.05, 4.69) is 5.10 Å². The predicted molar refractivity (Wildman–Crippen MR) is 96.1 cm³/mol. The van der Waals surface area contributed by atoms with Crippen LogP contribution in [0.15, 0.2) is 36.4 Å². The van der Waals surface area contributed by atoms with Gasteiger partial charge in [-0.15, -0.1) is 0 Å². The Morgan fingerprint density at radius 2 is 2.00 bits per heavy atom. The molecular formula is C20H25N3O2. The number of aryl methyl sites for hydroxylation is 1. The van der Waals surface area contributed by atoms with Crippen molar-refractivity contribution in [2.75, 3.05) is 13.1 Å². The van der Waals surface area contributed by atoms with Crippen LogP contribution < -0.4 is 0 Å². The molecule has 25 heavy (non-hydrogen) atoms. The molecule has 0 radical (unpaired) electrons. The molecule has 2 heterocycles. The number of benzene rings is 1. The number of aliphatic hydroxyl groups is 1. The van der Waals surface area contributed by atoms with Crippen LogP contribution in [-0.2, 0) is 7.05 Å². The molecule has 1 aliphatic carbocycles. The third-order valence-corrected chi connectivity index (χ3v) is 5.92. The Bertz CT molecular complexity index is 771. The van der Waals surface area contributed by atoms with Crippen LogP contribution in [0.25, 0.3) is 11.3 Å². The molecule has 2 aromatic rings. The Hall–Kier alpha value is -2.14. The minimum atomic E-state index is -0.269. The van der Waals surface area contributed by atoms with E-state index in [0.29, 0.717) is 12.2 Å². The second kappa shape index (κ2) is 6.30. The van der Waals surface area contributed by atoms with E-state index in [4.69, 9.17) is 0 Å². The van der Waals surface area contributed by atoms with Crippen molar-refractivity contribution in [2.24, 2.45) is 12.5 Å². The van der Waals surface area contributed by atoms with Gasteiger partial charge in [-0.1, -0.05) is 36.8 Å². The zero-order valence-electron chi connectivity index (χ0n) is 14.7. The van der Waals surface area contributed by atoms with Gasteiger partial charge in [-0.2, -0.15) is 5.10 Å². The van der Waals surface area contributed by atoms with E-state index < -0.39 is 0 Å². The maximum atomic E-state index is 13.1. The van der Waals surface area contributed by atoms with E-state index >= 15 is 0 Å². The topological polar surface area (TPSA) is 58.4 Å². The van der Waals surface area contributed by atoms with Gasteiger partial charge in [0.05, 0.1) is 11.8 Å². The lowest BCUT2D eigenvalue weighted by Gasteiger charge is -2.42. The third kappa shape index (κ3) is 2.86. The molecule has 0 bridgehead atoms. The molecule has 1 aromatic heterocycles. The summed E-state index contributed by atoms with van der Waals surface area (Å²) < 4.78 is 1.68. The Labute approximate surface area is 148 Å². The van der Waals surface area contributed by atoms with Crippen molar-refractivity contribution >= 4 is 5.91 Å². The van der Waals surface area contributed by atoms with E-state index in [9.17, 15) is 9.90 Å². The molecule has 1 aliphatic heterocycles. The highest BCUT2D eigenvalue weighted by molar-refractivity contribution is 5.93. The van der Waals surface area contributed by atoms with Gasteiger partial charge in [-0.05, 0) is 31.7 Å². The van der Waals surface area contributed by atoms with Gasteiger partial charge in [0.15, 0.2) is 0 Å². The lowest BCUT2D eigenvalue weighted by Crippen LogP contribution is -2.49. The maximum Gasteiger partial charge on any atom is 0.272 e. The summed E-state index contributed by atoms with van der Waals surface area (Å²) >= 11 is 0. The lowest BCUT2D eigenvalue weighted by molar-refractivity contribution is -0.00570. The Morgan fingerprint density at radius 3 is 2.72 bits per heavy atom. The number of piperidine rings is 1. The highest BCUT2D eigenvalue weighted by Crippen LogP contribution is 2.45. The van der Waals surface area contributed by atoms with Gasteiger partial charge in [0, 0.05) is 31.1 Å². The van der Waals surface area contributed by atoms with Crippen molar-refractivity contribution in [2.45, 2.75) is 38.2 Å². The zero-order valence-corrected chi connectivity index (χ0v) is 14.7. The van der Waals surface area contributed by atoms with Gasteiger partial charge in [-0.25, -0.2) is 0 Å². The van der Waals surface area contributed by atoms with E-state index in [-0.39, 0.29) is 17.4 Å². The molecule has 1 aromatic carbocycles. The van der Waals surface area contributed by atoms with Gasteiger partial charge in [0.25, 0.3) is 5.91 Å². The molecule has 4 rings (SSSR count). The minimum absolute atomic E-state index is 0.0235. The van der Waals surface area contributed by atoms with Crippen LogP contribution in [0.3, 0.4) is 0 Å². The van der Waals surface area contributed by atoms with Crippen molar-refractivity contribution in [3.63, 3.8) is 0 Å². The Morgan fingerprint density at radius 1 is 1.24 bits per heavy atom. The highest BCUT2D eigenvalue weighted by atomic mass is 16.3. The van der Waals surface area contributed by atoms with Crippen molar-refractivity contribution in [1.29, 1.82) is 0 Å². The van der Waals surface area contributed by atoms with Crippen LogP contribution in [0.2, 0.25) is 0 Å². The molecule has 1 saturated heterocycles. The van der Waals surface area contributed by atoms with Crippen molar-refractivity contribution in [1.82, 2.24) is 14.7 Å². The quantitative estimate of drug-likeness (QED) is 0.915. The first-order valence-corrected chi connectivity index (χ1v) is 9.16. The summed E-state index contributed by atoms with van der Waals surface area (Å²) in [5.74, 6) is 0.0235. The largest absolute Gasteiger partial charge is 0.392 e. The van der Waals surface area contributed by atoms with Crippen molar-refractivity contribution in [3.05, 3.63) is 42.1 Å². The fourth-order valence-corrected chi connectivity index (χ4v) is 4.51. The molecule has 0 unspecified atom stereocenters. The minimum Gasteiger partial charge on any atom is -0.392 e. The lowest BCUT2D eigenvalue weighted by atomic mass is 9.76. The number of carbonyl (C=O) groups is 1. The number of aromatic nitrogens is 2. The van der Waals surface area contributed by atoms with Crippen LogP contribution in [0.5, 0.6) is 0 Å². The molecule has 132 valence electrons. The van der Waals surface area contributed by atoms with E-state index in [1.54, 1.807) is 4.68 Å². The highest BCUT2D eigenvalue weighted by Gasteiger charge is 2.45. The molecule has 1 amide bonds. The smallest absolute Gasteiger partial charge is 0.272 e. The van der Waals surface area contributed by atoms with Crippen LogP contribution in [0, 0.1) is 5.41 Å². The number of hydrogen-bond acceptors (Lipinski definition) is 3. The molecule has 5 nitrogen and oxygen atoms in total. The average Bonchev–Trinajstić information content (AvgIpc) is 3.19. The summed E-state index contributed by atoms with van der Waals surface area (Å²) in [5.41, 5.74) is 2.36. The molecule has 2 atom stereocenters. The number of rotatable bonds is 2. The monoisotopic (exact) mass is 339 g/mol. The number of amides is 1.